The van der Waals surface area contributed by atoms with Crippen molar-refractivity contribution in [3.05, 3.63) is 73.8 Å². The zero-order chi connectivity index (χ0) is 27.4. The molecule has 0 atom stereocenters. The number of non-ortho nitro benzene ring substituents is 1. The van der Waals surface area contributed by atoms with Crippen molar-refractivity contribution in [1.82, 2.24) is 14.8 Å². The highest BCUT2D eigenvalue weighted by molar-refractivity contribution is 9.10. The van der Waals surface area contributed by atoms with E-state index in [0.717, 1.165) is 11.8 Å². The van der Waals surface area contributed by atoms with Gasteiger partial charge < -0.3 is 23.6 Å². The van der Waals surface area contributed by atoms with Crippen LogP contribution in [0, 0.1) is 10.1 Å². The molecule has 0 saturated carbocycles. The van der Waals surface area contributed by atoms with Gasteiger partial charge in [-0.15, -0.1) is 10.2 Å². The van der Waals surface area contributed by atoms with Crippen molar-refractivity contribution >= 4 is 45.4 Å². The topological polar surface area (TPSA) is 143 Å². The van der Waals surface area contributed by atoms with Gasteiger partial charge in [0.2, 0.25) is 0 Å². The first-order valence-electron chi connectivity index (χ1n) is 11.1. The van der Waals surface area contributed by atoms with Gasteiger partial charge in [-0.25, -0.2) is 4.79 Å². The van der Waals surface area contributed by atoms with E-state index >= 15 is 0 Å². The van der Waals surface area contributed by atoms with E-state index in [1.165, 1.54) is 18.2 Å². The molecule has 0 bridgehead atoms. The molecule has 13 heteroatoms. The molecule has 4 rings (SSSR count). The van der Waals surface area contributed by atoms with Crippen LogP contribution in [-0.4, -0.2) is 45.0 Å². The largest absolute Gasteiger partial charge is 0.497 e. The average molecular weight is 601 g/mol. The van der Waals surface area contributed by atoms with Crippen molar-refractivity contribution in [2.24, 2.45) is 0 Å². The number of nitro groups is 1. The molecule has 2 aromatic carbocycles. The highest BCUT2D eigenvalue weighted by Gasteiger charge is 2.20. The highest BCUT2D eigenvalue weighted by atomic mass is 79.9. The molecule has 0 amide bonds. The maximum absolute atomic E-state index is 12.1. The minimum absolute atomic E-state index is 0.0365. The van der Waals surface area contributed by atoms with Gasteiger partial charge in [0.25, 0.3) is 5.69 Å². The Kier molecular flexibility index (Phi) is 8.17. The molecule has 0 radical (unpaired) electrons. The zero-order valence-corrected chi connectivity index (χ0v) is 22.8. The number of aromatic nitrogens is 3. The molecular weight excluding hydrogens is 580 g/mol. The molecule has 2 aromatic heterocycles. The maximum Gasteiger partial charge on any atom is 0.342 e. The summed E-state index contributed by atoms with van der Waals surface area (Å²) in [5.41, 5.74) is 1.22. The van der Waals surface area contributed by atoms with Gasteiger partial charge in [0.15, 0.2) is 11.0 Å². The smallest absolute Gasteiger partial charge is 0.342 e. The van der Waals surface area contributed by atoms with E-state index in [1.807, 2.05) is 6.92 Å². The fourth-order valence-electron chi connectivity index (χ4n) is 3.55. The second-order valence-electron chi connectivity index (χ2n) is 7.69. The Hall–Kier alpha value is -4.10. The lowest BCUT2D eigenvalue weighted by Crippen LogP contribution is -2.03. The Bertz CT molecular complexity index is 1520. The van der Waals surface area contributed by atoms with Crippen LogP contribution >= 0.6 is 27.7 Å². The fourth-order valence-corrected chi connectivity index (χ4v) is 4.98. The molecule has 0 aliphatic heterocycles. The molecule has 0 aliphatic rings. The van der Waals surface area contributed by atoms with Gasteiger partial charge in [0.1, 0.15) is 27.9 Å². The van der Waals surface area contributed by atoms with E-state index in [2.05, 4.69) is 26.1 Å². The van der Waals surface area contributed by atoms with Gasteiger partial charge in [-0.2, -0.15) is 0 Å². The summed E-state index contributed by atoms with van der Waals surface area (Å²) in [5.74, 6) is 1.23. The van der Waals surface area contributed by atoms with Gasteiger partial charge in [-0.1, -0.05) is 0 Å². The highest BCUT2D eigenvalue weighted by Crippen LogP contribution is 2.36. The second kappa shape index (κ2) is 11.5. The molecule has 1 N–H and O–H groups in total. The van der Waals surface area contributed by atoms with E-state index in [1.54, 1.807) is 55.2 Å². The quantitative estimate of drug-likeness (QED) is 0.0976. The third-order valence-electron chi connectivity index (χ3n) is 5.38. The number of benzene rings is 2. The summed E-state index contributed by atoms with van der Waals surface area (Å²) in [4.78, 5) is 22.6. The second-order valence-corrected chi connectivity index (χ2v) is 9.55. The third kappa shape index (κ3) is 5.73. The molecule has 0 unspecified atom stereocenters. The number of rotatable bonds is 10. The van der Waals surface area contributed by atoms with Gasteiger partial charge in [0.05, 0.1) is 19.1 Å². The van der Waals surface area contributed by atoms with E-state index in [0.29, 0.717) is 50.4 Å². The van der Waals surface area contributed by atoms with Crippen LogP contribution in [0.5, 0.6) is 11.5 Å². The molecule has 38 heavy (non-hydrogen) atoms. The molecule has 0 spiro atoms. The summed E-state index contributed by atoms with van der Waals surface area (Å²) in [6.07, 6.45) is 1.39. The number of hydrogen-bond donors (Lipinski definition) is 1. The number of nitrogens with zero attached hydrogens (tertiary/aromatic N) is 4. The van der Waals surface area contributed by atoms with Crippen molar-refractivity contribution in [3.8, 4) is 34.2 Å². The van der Waals surface area contributed by atoms with Crippen molar-refractivity contribution in [1.29, 1.82) is 0 Å². The summed E-state index contributed by atoms with van der Waals surface area (Å²) in [5, 5.41) is 29.8. The van der Waals surface area contributed by atoms with E-state index < -0.39 is 10.9 Å². The van der Waals surface area contributed by atoms with Crippen molar-refractivity contribution in [2.45, 2.75) is 18.6 Å². The number of nitro benzene ring substituents is 1. The van der Waals surface area contributed by atoms with Crippen molar-refractivity contribution in [2.75, 3.05) is 14.2 Å². The number of ether oxygens (including phenoxy) is 2. The Morgan fingerprint density at radius 3 is 2.45 bits per heavy atom. The summed E-state index contributed by atoms with van der Waals surface area (Å²) < 4.78 is 18.8. The molecule has 0 saturated heterocycles. The minimum atomic E-state index is -1.17. The lowest BCUT2D eigenvalue weighted by Gasteiger charge is -2.10. The number of carboxylic acid groups (broad SMARTS) is 1. The number of carboxylic acids is 1. The Morgan fingerprint density at radius 1 is 1.16 bits per heavy atom. The van der Waals surface area contributed by atoms with Crippen LogP contribution in [0.3, 0.4) is 0 Å². The van der Waals surface area contributed by atoms with E-state index in [4.69, 9.17) is 13.9 Å². The molecular formula is C25H21BrN4O7S. The van der Waals surface area contributed by atoms with Crippen LogP contribution in [0.15, 0.2) is 67.5 Å². The predicted octanol–water partition coefficient (Wildman–Crippen LogP) is 6.13. The zero-order valence-electron chi connectivity index (χ0n) is 20.4. The Labute approximate surface area is 229 Å². The van der Waals surface area contributed by atoms with Crippen LogP contribution in [0.4, 0.5) is 5.69 Å². The molecule has 4 aromatic rings. The average Bonchev–Trinajstić information content (AvgIpc) is 3.54. The van der Waals surface area contributed by atoms with Gasteiger partial charge in [-0.3, -0.25) is 10.1 Å². The number of furan rings is 1. The summed E-state index contributed by atoms with van der Waals surface area (Å²) >= 11 is 4.26. The molecule has 2 heterocycles. The third-order valence-corrected chi connectivity index (χ3v) is 7.04. The van der Waals surface area contributed by atoms with Crippen LogP contribution in [0.1, 0.15) is 12.7 Å². The molecule has 0 fully saturated rings. The fraction of sp³-hybridized carbons (Fsp3) is 0.160. The number of thioether (sulfide) groups is 1. The first-order valence-corrected chi connectivity index (χ1v) is 12.7. The van der Waals surface area contributed by atoms with Gasteiger partial charge in [-0.05, 0) is 64.9 Å². The first kappa shape index (κ1) is 26.9. The number of aliphatic carboxylic acids is 1. The first-order chi connectivity index (χ1) is 18.2. The Morgan fingerprint density at radius 2 is 1.87 bits per heavy atom. The number of methoxy groups -OCH3 is 2. The summed E-state index contributed by atoms with van der Waals surface area (Å²) in [6, 6.07) is 12.9. The van der Waals surface area contributed by atoms with Crippen LogP contribution < -0.4 is 9.47 Å². The van der Waals surface area contributed by atoms with Gasteiger partial charge in [0, 0.05) is 46.4 Å². The molecule has 11 nitrogen and oxygen atoms in total. The predicted molar refractivity (Wildman–Crippen MR) is 144 cm³/mol. The summed E-state index contributed by atoms with van der Waals surface area (Å²) in [6.45, 7) is 2.38. The minimum Gasteiger partial charge on any atom is -0.497 e. The maximum atomic E-state index is 12.1. The SMILES string of the molecule is CCn1c(S/C(=C\c2ccc(-c3ccc([N+](=O)[O-])cc3Br)o2)C(=O)O)nnc1-c1cc(OC)cc(OC)c1. The number of hydrogen-bond acceptors (Lipinski definition) is 9. The monoisotopic (exact) mass is 600 g/mol. The lowest BCUT2D eigenvalue weighted by molar-refractivity contribution is -0.384. The lowest BCUT2D eigenvalue weighted by atomic mass is 10.1. The van der Waals surface area contributed by atoms with Crippen LogP contribution in [0.25, 0.3) is 28.8 Å². The van der Waals surface area contributed by atoms with Crippen LogP contribution in [-0.2, 0) is 11.3 Å². The van der Waals surface area contributed by atoms with E-state index in [-0.39, 0.29) is 16.4 Å². The molecule has 196 valence electrons. The van der Waals surface area contributed by atoms with Crippen molar-refractivity contribution in [3.63, 3.8) is 0 Å². The van der Waals surface area contributed by atoms with Gasteiger partial charge >= 0.3 is 5.97 Å². The number of carbonyl (C=O) groups is 1. The number of halogens is 1. The van der Waals surface area contributed by atoms with E-state index in [9.17, 15) is 20.0 Å². The molecule has 0 aliphatic carbocycles. The van der Waals surface area contributed by atoms with Crippen LogP contribution in [0.2, 0.25) is 0 Å². The Balaban J connectivity index is 1.65. The standard InChI is InChI=1S/C25H21BrN4O7S/c1-4-29-23(14-9-17(35-2)12-18(10-14)36-3)27-28-25(29)38-22(24(31)32)13-16-6-8-21(37-16)19-7-5-15(30(33)34)11-20(19)26/h5-13H,4H2,1-3H3,(H,31,32)/b22-13-. The normalized spacial score (nSPS) is 11.4. The van der Waals surface area contributed by atoms with Crippen molar-refractivity contribution < 1.29 is 28.7 Å². The summed E-state index contributed by atoms with van der Waals surface area (Å²) in [7, 11) is 3.10.